The molecule has 0 spiro atoms. The van der Waals surface area contributed by atoms with Gasteiger partial charge in [0.1, 0.15) is 0 Å². The quantitative estimate of drug-likeness (QED) is 0.574. The van der Waals surface area contributed by atoms with E-state index in [0.717, 1.165) is 31.6 Å². The molecule has 0 radical (unpaired) electrons. The fourth-order valence-corrected chi connectivity index (χ4v) is 1.46. The van der Waals surface area contributed by atoms with E-state index in [0.29, 0.717) is 0 Å². The fourth-order valence-electron chi connectivity index (χ4n) is 1.46. The van der Waals surface area contributed by atoms with Crippen molar-refractivity contribution >= 4 is 0 Å². The predicted octanol–water partition coefficient (Wildman–Crippen LogP) is 0.920. The average Bonchev–Trinajstić information content (AvgIpc) is 1.96. The first kappa shape index (κ1) is 8.02. The summed E-state index contributed by atoms with van der Waals surface area (Å²) in [6, 6.07) is 0. The maximum atomic E-state index is 9.55. The molecule has 2 heteroatoms. The Bertz CT molecular complexity index is 104. The average molecular weight is 144 g/mol. The summed E-state index contributed by atoms with van der Waals surface area (Å²) >= 11 is 0. The van der Waals surface area contributed by atoms with Crippen LogP contribution in [0.15, 0.2) is 0 Å². The molecule has 1 saturated carbocycles. The van der Waals surface area contributed by atoms with Gasteiger partial charge in [-0.2, -0.15) is 0 Å². The molecule has 0 aliphatic heterocycles. The lowest BCUT2D eigenvalue weighted by molar-refractivity contribution is -0.0501. The van der Waals surface area contributed by atoms with Crippen molar-refractivity contribution in [3.05, 3.63) is 0 Å². The van der Waals surface area contributed by atoms with E-state index in [1.807, 2.05) is 0 Å². The van der Waals surface area contributed by atoms with Crippen LogP contribution in [-0.4, -0.2) is 22.4 Å². The zero-order valence-electron chi connectivity index (χ0n) is 6.51. The number of hydrogen-bond acceptors (Lipinski definition) is 2. The minimum atomic E-state index is -0.744. The van der Waals surface area contributed by atoms with Gasteiger partial charge in [-0.05, 0) is 31.6 Å². The highest BCUT2D eigenvalue weighted by atomic mass is 16.3. The summed E-state index contributed by atoms with van der Waals surface area (Å²) in [5.74, 6) is 0.729. The lowest BCUT2D eigenvalue weighted by Gasteiger charge is -2.32. The van der Waals surface area contributed by atoms with E-state index in [9.17, 15) is 5.11 Å². The zero-order valence-corrected chi connectivity index (χ0v) is 6.51. The van der Waals surface area contributed by atoms with Crippen molar-refractivity contribution in [1.29, 1.82) is 0 Å². The molecule has 0 aromatic heterocycles. The van der Waals surface area contributed by atoms with Gasteiger partial charge < -0.3 is 10.2 Å². The van der Waals surface area contributed by atoms with Crippen molar-refractivity contribution in [2.75, 3.05) is 6.61 Å². The molecule has 0 bridgehead atoms. The molecule has 0 saturated heterocycles. The molecule has 0 heterocycles. The van der Waals surface area contributed by atoms with Crippen LogP contribution in [0, 0.1) is 5.92 Å². The van der Waals surface area contributed by atoms with Gasteiger partial charge >= 0.3 is 0 Å². The highest BCUT2D eigenvalue weighted by molar-refractivity contribution is 4.83. The first-order chi connectivity index (χ1) is 4.66. The molecular formula is C8H16O2. The third-order valence-electron chi connectivity index (χ3n) is 2.50. The largest absolute Gasteiger partial charge is 0.393 e. The fraction of sp³-hybridized carbons (Fsp3) is 1.00. The van der Waals surface area contributed by atoms with Crippen LogP contribution >= 0.6 is 0 Å². The molecule has 1 aliphatic rings. The second-order valence-electron chi connectivity index (χ2n) is 3.56. The van der Waals surface area contributed by atoms with Crippen LogP contribution in [0.5, 0.6) is 0 Å². The van der Waals surface area contributed by atoms with Gasteiger partial charge in [-0.1, -0.05) is 6.92 Å². The van der Waals surface area contributed by atoms with Crippen molar-refractivity contribution in [2.24, 2.45) is 5.92 Å². The van der Waals surface area contributed by atoms with Gasteiger partial charge in [0, 0.05) is 0 Å². The summed E-state index contributed by atoms with van der Waals surface area (Å²) in [7, 11) is 0. The Morgan fingerprint density at radius 2 is 1.90 bits per heavy atom. The highest BCUT2D eigenvalue weighted by Gasteiger charge is 2.30. The minimum Gasteiger partial charge on any atom is -0.393 e. The lowest BCUT2D eigenvalue weighted by Crippen LogP contribution is -2.37. The Morgan fingerprint density at radius 1 is 1.40 bits per heavy atom. The molecule has 2 nitrogen and oxygen atoms in total. The van der Waals surface area contributed by atoms with E-state index < -0.39 is 5.60 Å². The molecule has 0 aromatic rings. The third-order valence-corrected chi connectivity index (χ3v) is 2.50. The first-order valence-corrected chi connectivity index (χ1v) is 3.99. The maximum absolute atomic E-state index is 9.55. The number of hydrogen-bond donors (Lipinski definition) is 2. The van der Waals surface area contributed by atoms with Gasteiger partial charge in [-0.3, -0.25) is 0 Å². The van der Waals surface area contributed by atoms with Crippen LogP contribution in [0.25, 0.3) is 0 Å². The van der Waals surface area contributed by atoms with Crippen LogP contribution in [0.3, 0.4) is 0 Å². The van der Waals surface area contributed by atoms with Crippen molar-refractivity contribution < 1.29 is 10.2 Å². The van der Waals surface area contributed by atoms with Gasteiger partial charge in [0.15, 0.2) is 0 Å². The second-order valence-corrected chi connectivity index (χ2v) is 3.56. The number of aliphatic hydroxyl groups is 2. The summed E-state index contributed by atoms with van der Waals surface area (Å²) in [5, 5.41) is 18.3. The molecule has 60 valence electrons. The molecule has 10 heavy (non-hydrogen) atoms. The third kappa shape index (κ3) is 1.70. The van der Waals surface area contributed by atoms with Crippen molar-refractivity contribution in [3.8, 4) is 0 Å². The van der Waals surface area contributed by atoms with Crippen LogP contribution in [0.2, 0.25) is 0 Å². The summed E-state index contributed by atoms with van der Waals surface area (Å²) in [4.78, 5) is 0. The summed E-state index contributed by atoms with van der Waals surface area (Å²) in [5.41, 5.74) is -0.744. The molecule has 1 fully saturated rings. The zero-order chi connectivity index (χ0) is 7.61. The van der Waals surface area contributed by atoms with Crippen LogP contribution in [-0.2, 0) is 0 Å². The SMILES string of the molecule is C[C@H]1CC[C@@](O)(CO)CC1. The van der Waals surface area contributed by atoms with Gasteiger partial charge in [0.25, 0.3) is 0 Å². The van der Waals surface area contributed by atoms with Gasteiger partial charge in [0.05, 0.1) is 12.2 Å². The topological polar surface area (TPSA) is 40.5 Å². The normalized spacial score (nSPS) is 41.7. The van der Waals surface area contributed by atoms with E-state index in [2.05, 4.69) is 6.92 Å². The van der Waals surface area contributed by atoms with E-state index in [1.54, 1.807) is 0 Å². The van der Waals surface area contributed by atoms with Crippen molar-refractivity contribution in [1.82, 2.24) is 0 Å². The van der Waals surface area contributed by atoms with Crippen LogP contribution in [0.4, 0.5) is 0 Å². The van der Waals surface area contributed by atoms with E-state index in [4.69, 9.17) is 5.11 Å². The molecule has 0 aromatic carbocycles. The monoisotopic (exact) mass is 144 g/mol. The molecule has 1 rings (SSSR count). The Balaban J connectivity index is 2.38. The molecule has 1 aliphatic carbocycles. The van der Waals surface area contributed by atoms with Gasteiger partial charge in [0.2, 0.25) is 0 Å². The van der Waals surface area contributed by atoms with Crippen LogP contribution in [0.1, 0.15) is 32.6 Å². The molecule has 0 amide bonds. The van der Waals surface area contributed by atoms with Crippen molar-refractivity contribution in [2.45, 2.75) is 38.2 Å². The molecular weight excluding hydrogens is 128 g/mol. The Labute approximate surface area is 61.9 Å². The Morgan fingerprint density at radius 3 is 2.30 bits per heavy atom. The van der Waals surface area contributed by atoms with Gasteiger partial charge in [-0.25, -0.2) is 0 Å². The van der Waals surface area contributed by atoms with Crippen molar-refractivity contribution in [3.63, 3.8) is 0 Å². The maximum Gasteiger partial charge on any atom is 0.0877 e. The highest BCUT2D eigenvalue weighted by Crippen LogP contribution is 2.30. The summed E-state index contributed by atoms with van der Waals surface area (Å²) in [6.07, 6.45) is 3.64. The lowest BCUT2D eigenvalue weighted by atomic mass is 9.80. The number of aliphatic hydroxyl groups excluding tert-OH is 1. The van der Waals surface area contributed by atoms with E-state index in [1.165, 1.54) is 0 Å². The van der Waals surface area contributed by atoms with E-state index >= 15 is 0 Å². The summed E-state index contributed by atoms with van der Waals surface area (Å²) < 4.78 is 0. The summed E-state index contributed by atoms with van der Waals surface area (Å²) in [6.45, 7) is 2.12. The standard InChI is InChI=1S/C8H16O2/c1-7-2-4-8(10,6-9)5-3-7/h7,9-10H,2-6H2,1H3/t7-,8-. The van der Waals surface area contributed by atoms with Crippen LogP contribution < -0.4 is 0 Å². The van der Waals surface area contributed by atoms with Gasteiger partial charge in [-0.15, -0.1) is 0 Å². The molecule has 0 unspecified atom stereocenters. The minimum absolute atomic E-state index is 0.0697. The Hall–Kier alpha value is -0.0800. The first-order valence-electron chi connectivity index (χ1n) is 3.99. The molecule has 0 atom stereocenters. The molecule has 2 N–H and O–H groups in total. The number of rotatable bonds is 1. The predicted molar refractivity (Wildman–Crippen MR) is 39.7 cm³/mol. The van der Waals surface area contributed by atoms with E-state index in [-0.39, 0.29) is 6.61 Å². The smallest absolute Gasteiger partial charge is 0.0877 e. The second kappa shape index (κ2) is 2.89. The Kier molecular flexibility index (Phi) is 2.32.